The Hall–Kier alpha value is -3.43. The molecule has 0 bridgehead atoms. The molecule has 3 aromatic rings. The Morgan fingerprint density at radius 2 is 1.85 bits per heavy atom. The third-order valence-corrected chi connectivity index (χ3v) is 5.60. The molecule has 0 atom stereocenters. The Balaban J connectivity index is 2.29. The van der Waals surface area contributed by atoms with Gasteiger partial charge in [-0.1, -0.05) is 13.0 Å². The van der Waals surface area contributed by atoms with Crippen LogP contribution in [0.25, 0.3) is 10.9 Å². The molecule has 0 saturated heterocycles. The second-order valence-corrected chi connectivity index (χ2v) is 7.79. The van der Waals surface area contributed by atoms with Crippen molar-refractivity contribution in [1.29, 1.82) is 0 Å². The van der Waals surface area contributed by atoms with Gasteiger partial charge in [-0.25, -0.2) is 4.79 Å². The van der Waals surface area contributed by atoms with Gasteiger partial charge in [0.2, 0.25) is 0 Å². The van der Waals surface area contributed by atoms with Gasteiger partial charge in [-0.2, -0.15) is 13.2 Å². The summed E-state index contributed by atoms with van der Waals surface area (Å²) in [6.07, 6.45) is -4.18. The van der Waals surface area contributed by atoms with Crippen LogP contribution in [-0.2, 0) is 24.8 Å². The molecule has 0 amide bonds. The van der Waals surface area contributed by atoms with Crippen LogP contribution in [0.3, 0.4) is 0 Å². The highest BCUT2D eigenvalue weighted by Crippen LogP contribution is 2.33. The SMILES string of the molecule is CCOC(=O)c1c(OCC(F)(F)F)c2c(=O)n(Cc3cc(OC)ccc3C)c(CC)cc2n1C. The maximum atomic E-state index is 13.7. The summed E-state index contributed by atoms with van der Waals surface area (Å²) in [6.45, 7) is 3.87. The van der Waals surface area contributed by atoms with E-state index in [4.69, 9.17) is 14.2 Å². The highest BCUT2D eigenvalue weighted by Gasteiger charge is 2.33. The van der Waals surface area contributed by atoms with Crippen LogP contribution in [0.1, 0.15) is 41.2 Å². The van der Waals surface area contributed by atoms with Crippen molar-refractivity contribution in [2.75, 3.05) is 20.3 Å². The number of benzene rings is 1. The molecule has 0 spiro atoms. The number of carbonyl (C=O) groups is 1. The van der Waals surface area contributed by atoms with Crippen LogP contribution in [0, 0.1) is 6.92 Å². The van der Waals surface area contributed by atoms with Crippen LogP contribution in [0.15, 0.2) is 29.1 Å². The lowest BCUT2D eigenvalue weighted by Crippen LogP contribution is -2.25. The highest BCUT2D eigenvalue weighted by molar-refractivity contribution is 6.01. The Morgan fingerprint density at radius 3 is 2.44 bits per heavy atom. The van der Waals surface area contributed by atoms with E-state index in [-0.39, 0.29) is 24.2 Å². The number of ether oxygens (including phenoxy) is 3. The van der Waals surface area contributed by atoms with E-state index in [0.717, 1.165) is 11.1 Å². The zero-order valence-electron chi connectivity index (χ0n) is 19.7. The van der Waals surface area contributed by atoms with E-state index < -0.39 is 30.1 Å². The van der Waals surface area contributed by atoms with Crippen molar-refractivity contribution >= 4 is 16.9 Å². The van der Waals surface area contributed by atoms with Crippen molar-refractivity contribution in [2.45, 2.75) is 39.9 Å². The summed E-state index contributed by atoms with van der Waals surface area (Å²) in [5.41, 5.74) is 1.88. The van der Waals surface area contributed by atoms with Crippen molar-refractivity contribution in [3.8, 4) is 11.5 Å². The standard InChI is InChI=1S/C24H27F3N2O5/c1-6-16-11-18-19(22(30)29(16)12-15-10-17(32-5)9-8-14(15)3)21(34-13-24(25,26)27)20(28(18)4)23(31)33-7-2/h8-11H,6-7,12-13H2,1-5H3. The fourth-order valence-corrected chi connectivity index (χ4v) is 3.86. The second-order valence-electron chi connectivity index (χ2n) is 7.79. The van der Waals surface area contributed by atoms with Crippen LogP contribution in [0.2, 0.25) is 0 Å². The molecule has 2 heterocycles. The van der Waals surface area contributed by atoms with Gasteiger partial charge in [0.25, 0.3) is 5.56 Å². The van der Waals surface area contributed by atoms with Crippen LogP contribution in [0.4, 0.5) is 13.2 Å². The molecular formula is C24H27F3N2O5. The van der Waals surface area contributed by atoms with Gasteiger partial charge in [0.15, 0.2) is 18.1 Å². The molecule has 0 fully saturated rings. The fourth-order valence-electron chi connectivity index (χ4n) is 3.86. The van der Waals surface area contributed by atoms with Crippen molar-refractivity contribution in [3.63, 3.8) is 0 Å². The van der Waals surface area contributed by atoms with Gasteiger partial charge in [-0.15, -0.1) is 0 Å². The number of pyridine rings is 1. The molecule has 10 heteroatoms. The highest BCUT2D eigenvalue weighted by atomic mass is 19.4. The number of halogens is 3. The minimum Gasteiger partial charge on any atom is -0.497 e. The minimum absolute atomic E-state index is 0.0125. The second kappa shape index (κ2) is 9.82. The Labute approximate surface area is 194 Å². The van der Waals surface area contributed by atoms with Crippen LogP contribution in [-0.4, -0.2) is 41.6 Å². The minimum atomic E-state index is -4.66. The maximum Gasteiger partial charge on any atom is 0.422 e. The van der Waals surface area contributed by atoms with Gasteiger partial charge >= 0.3 is 12.1 Å². The molecule has 1 aromatic carbocycles. The van der Waals surface area contributed by atoms with Crippen molar-refractivity contribution in [1.82, 2.24) is 9.13 Å². The average Bonchev–Trinajstić information content (AvgIpc) is 3.06. The first-order valence-electron chi connectivity index (χ1n) is 10.8. The first kappa shape index (κ1) is 25.2. The van der Waals surface area contributed by atoms with Gasteiger partial charge in [0.1, 0.15) is 11.1 Å². The fraction of sp³-hybridized carbons (Fsp3) is 0.417. The molecule has 34 heavy (non-hydrogen) atoms. The summed E-state index contributed by atoms with van der Waals surface area (Å²) in [5.74, 6) is -0.686. The summed E-state index contributed by atoms with van der Waals surface area (Å²) in [4.78, 5) is 26.3. The molecule has 0 unspecified atom stereocenters. The quantitative estimate of drug-likeness (QED) is 0.448. The van der Waals surface area contributed by atoms with Gasteiger partial charge in [0, 0.05) is 12.7 Å². The lowest BCUT2D eigenvalue weighted by molar-refractivity contribution is -0.153. The molecule has 184 valence electrons. The number of fused-ring (bicyclic) bond motifs is 1. The van der Waals surface area contributed by atoms with Gasteiger partial charge in [0.05, 0.1) is 25.8 Å². The monoisotopic (exact) mass is 480 g/mol. The number of aryl methyl sites for hydroxylation is 3. The summed E-state index contributed by atoms with van der Waals surface area (Å²) in [5, 5.41) is -0.104. The summed E-state index contributed by atoms with van der Waals surface area (Å²) in [7, 11) is 3.03. The lowest BCUT2D eigenvalue weighted by Gasteiger charge is -2.15. The molecule has 0 N–H and O–H groups in total. The van der Waals surface area contributed by atoms with Gasteiger partial charge in [-0.05, 0) is 49.6 Å². The molecule has 0 saturated carbocycles. The van der Waals surface area contributed by atoms with Gasteiger partial charge in [-0.3, -0.25) is 4.79 Å². The number of rotatable bonds is 8. The number of alkyl halides is 3. The van der Waals surface area contributed by atoms with E-state index in [1.54, 1.807) is 19.1 Å². The third kappa shape index (κ3) is 4.90. The molecule has 7 nitrogen and oxygen atoms in total. The molecule has 0 aliphatic rings. The zero-order chi connectivity index (χ0) is 25.2. The number of nitrogens with zero attached hydrogens (tertiary/aromatic N) is 2. The van der Waals surface area contributed by atoms with Crippen molar-refractivity contribution < 1.29 is 32.2 Å². The number of aromatic nitrogens is 2. The maximum absolute atomic E-state index is 13.7. The van der Waals surface area contributed by atoms with Crippen LogP contribution in [0.5, 0.6) is 11.5 Å². The molecule has 2 aromatic heterocycles. The number of hydrogen-bond donors (Lipinski definition) is 0. The molecular weight excluding hydrogens is 453 g/mol. The van der Waals surface area contributed by atoms with Crippen LogP contribution < -0.4 is 15.0 Å². The number of hydrogen-bond acceptors (Lipinski definition) is 5. The normalized spacial score (nSPS) is 11.6. The number of carbonyl (C=O) groups excluding carboxylic acids is 1. The summed E-state index contributed by atoms with van der Waals surface area (Å²) in [6, 6.07) is 7.16. The van der Waals surface area contributed by atoms with Crippen molar-refractivity contribution in [3.05, 3.63) is 57.1 Å². The molecule has 3 rings (SSSR count). The predicted octanol–water partition coefficient (Wildman–Crippen LogP) is 4.39. The number of esters is 1. The van der Waals surface area contributed by atoms with E-state index in [9.17, 15) is 22.8 Å². The van der Waals surface area contributed by atoms with E-state index in [1.165, 1.54) is 23.3 Å². The third-order valence-electron chi connectivity index (χ3n) is 5.60. The largest absolute Gasteiger partial charge is 0.497 e. The topological polar surface area (TPSA) is 71.7 Å². The van der Waals surface area contributed by atoms with E-state index in [1.807, 2.05) is 26.0 Å². The predicted molar refractivity (Wildman–Crippen MR) is 121 cm³/mol. The van der Waals surface area contributed by atoms with Crippen LogP contribution >= 0.6 is 0 Å². The summed E-state index contributed by atoms with van der Waals surface area (Å²) < 4.78 is 57.2. The zero-order valence-corrected chi connectivity index (χ0v) is 19.7. The number of methoxy groups -OCH3 is 1. The summed E-state index contributed by atoms with van der Waals surface area (Å²) >= 11 is 0. The lowest BCUT2D eigenvalue weighted by atomic mass is 10.1. The van der Waals surface area contributed by atoms with E-state index in [2.05, 4.69) is 0 Å². The van der Waals surface area contributed by atoms with E-state index in [0.29, 0.717) is 23.4 Å². The van der Waals surface area contributed by atoms with E-state index >= 15 is 0 Å². The smallest absolute Gasteiger partial charge is 0.422 e. The Bertz CT molecular complexity index is 1270. The Kier molecular flexibility index (Phi) is 7.28. The average molecular weight is 480 g/mol. The van der Waals surface area contributed by atoms with Crippen molar-refractivity contribution in [2.24, 2.45) is 7.05 Å². The first-order valence-corrected chi connectivity index (χ1v) is 10.8. The first-order chi connectivity index (χ1) is 16.0. The van der Waals surface area contributed by atoms with Gasteiger partial charge < -0.3 is 23.3 Å². The molecule has 0 radical (unpaired) electrons. The molecule has 0 aliphatic carbocycles. The molecule has 0 aliphatic heterocycles. The Morgan fingerprint density at radius 1 is 1.15 bits per heavy atom.